The van der Waals surface area contributed by atoms with Gasteiger partial charge in [0.1, 0.15) is 12.7 Å². The van der Waals surface area contributed by atoms with Crippen molar-refractivity contribution in [2.75, 3.05) is 17.6 Å². The van der Waals surface area contributed by atoms with E-state index in [1.807, 2.05) is 0 Å². The molecular formula is C5H7IO3. The highest BCUT2D eigenvalue weighted by Crippen LogP contribution is 2.04. The van der Waals surface area contributed by atoms with Gasteiger partial charge in [-0.1, -0.05) is 22.6 Å². The summed E-state index contributed by atoms with van der Waals surface area (Å²) in [6, 6.07) is 0. The number of cyclic esters (lactones) is 1. The van der Waals surface area contributed by atoms with Crippen LogP contribution >= 0.6 is 22.6 Å². The third kappa shape index (κ3) is 2.09. The lowest BCUT2D eigenvalue weighted by atomic mass is 10.4. The predicted molar refractivity (Wildman–Crippen MR) is 39.6 cm³/mol. The molecule has 0 unspecified atom stereocenters. The second kappa shape index (κ2) is 3.36. The summed E-state index contributed by atoms with van der Waals surface area (Å²) in [7, 11) is 0. The lowest BCUT2D eigenvalue weighted by Crippen LogP contribution is -2.33. The first-order chi connectivity index (χ1) is 4.33. The van der Waals surface area contributed by atoms with E-state index in [9.17, 15) is 4.79 Å². The SMILES string of the molecule is O=C1COC[C@@H](CI)O1. The van der Waals surface area contributed by atoms with Crippen molar-refractivity contribution in [3.63, 3.8) is 0 Å². The molecule has 0 radical (unpaired) electrons. The Morgan fingerprint density at radius 3 is 3.00 bits per heavy atom. The third-order valence-corrected chi connectivity index (χ3v) is 1.98. The Morgan fingerprint density at radius 2 is 2.56 bits per heavy atom. The van der Waals surface area contributed by atoms with Gasteiger partial charge in [-0.3, -0.25) is 0 Å². The van der Waals surface area contributed by atoms with Crippen LogP contribution in [0.3, 0.4) is 0 Å². The Morgan fingerprint density at radius 1 is 1.78 bits per heavy atom. The van der Waals surface area contributed by atoms with E-state index in [-0.39, 0.29) is 18.7 Å². The summed E-state index contributed by atoms with van der Waals surface area (Å²) in [5, 5.41) is 0. The second-order valence-electron chi connectivity index (χ2n) is 1.78. The fourth-order valence-electron chi connectivity index (χ4n) is 0.604. The van der Waals surface area contributed by atoms with E-state index >= 15 is 0 Å². The number of alkyl halides is 1. The van der Waals surface area contributed by atoms with Crippen molar-refractivity contribution in [2.45, 2.75) is 6.10 Å². The van der Waals surface area contributed by atoms with Gasteiger partial charge in [0.2, 0.25) is 0 Å². The molecule has 3 nitrogen and oxygen atoms in total. The molecular weight excluding hydrogens is 235 g/mol. The fraction of sp³-hybridized carbons (Fsp3) is 0.800. The van der Waals surface area contributed by atoms with Gasteiger partial charge in [0.05, 0.1) is 6.61 Å². The Bertz CT molecular complexity index is 115. The summed E-state index contributed by atoms with van der Waals surface area (Å²) in [6.45, 7) is 0.668. The summed E-state index contributed by atoms with van der Waals surface area (Å²) in [5.74, 6) is -0.247. The first-order valence-electron chi connectivity index (χ1n) is 2.66. The van der Waals surface area contributed by atoms with Crippen LogP contribution in [-0.2, 0) is 14.3 Å². The molecule has 0 aromatic heterocycles. The van der Waals surface area contributed by atoms with Crippen LogP contribution in [-0.4, -0.2) is 29.7 Å². The van der Waals surface area contributed by atoms with Crippen LogP contribution in [0.25, 0.3) is 0 Å². The van der Waals surface area contributed by atoms with E-state index in [2.05, 4.69) is 22.6 Å². The molecule has 0 amide bonds. The van der Waals surface area contributed by atoms with Crippen LogP contribution < -0.4 is 0 Å². The van der Waals surface area contributed by atoms with Crippen LogP contribution in [0.4, 0.5) is 0 Å². The summed E-state index contributed by atoms with van der Waals surface area (Å²) in [6.07, 6.45) is -0.0214. The van der Waals surface area contributed by atoms with Gasteiger partial charge in [0.25, 0.3) is 0 Å². The minimum Gasteiger partial charge on any atom is -0.457 e. The predicted octanol–water partition coefficient (Wildman–Crippen LogP) is 0.363. The van der Waals surface area contributed by atoms with Gasteiger partial charge >= 0.3 is 5.97 Å². The van der Waals surface area contributed by atoms with E-state index in [1.54, 1.807) is 0 Å². The lowest BCUT2D eigenvalue weighted by molar-refractivity contribution is -0.167. The second-order valence-corrected chi connectivity index (χ2v) is 2.66. The number of halogens is 1. The monoisotopic (exact) mass is 242 g/mol. The van der Waals surface area contributed by atoms with Crippen molar-refractivity contribution < 1.29 is 14.3 Å². The molecule has 0 bridgehead atoms. The normalized spacial score (nSPS) is 27.7. The van der Waals surface area contributed by atoms with Crippen LogP contribution in [0, 0.1) is 0 Å². The molecule has 4 heteroatoms. The van der Waals surface area contributed by atoms with Gasteiger partial charge in [-0.15, -0.1) is 0 Å². The molecule has 1 aliphatic heterocycles. The zero-order valence-corrected chi connectivity index (χ0v) is 6.96. The molecule has 1 atom stereocenters. The largest absolute Gasteiger partial charge is 0.457 e. The van der Waals surface area contributed by atoms with E-state index in [1.165, 1.54) is 0 Å². The van der Waals surface area contributed by atoms with Crippen LogP contribution in [0.15, 0.2) is 0 Å². The molecule has 1 saturated heterocycles. The van der Waals surface area contributed by atoms with Crippen molar-refractivity contribution in [3.05, 3.63) is 0 Å². The average Bonchev–Trinajstić information content (AvgIpc) is 1.88. The van der Waals surface area contributed by atoms with Crippen LogP contribution in [0.2, 0.25) is 0 Å². The molecule has 1 fully saturated rings. The van der Waals surface area contributed by atoms with Gasteiger partial charge < -0.3 is 9.47 Å². The molecule has 0 saturated carbocycles. The molecule has 0 aromatic carbocycles. The van der Waals surface area contributed by atoms with Crippen LogP contribution in [0.5, 0.6) is 0 Å². The Balaban J connectivity index is 2.32. The number of hydrogen-bond donors (Lipinski definition) is 0. The average molecular weight is 242 g/mol. The molecule has 0 spiro atoms. The number of esters is 1. The third-order valence-electron chi connectivity index (χ3n) is 0.994. The molecule has 0 aromatic rings. The minimum absolute atomic E-state index is 0.0214. The summed E-state index contributed by atoms with van der Waals surface area (Å²) in [4.78, 5) is 10.5. The van der Waals surface area contributed by atoms with Gasteiger partial charge in [0.15, 0.2) is 0 Å². The van der Waals surface area contributed by atoms with Crippen molar-refractivity contribution >= 4 is 28.6 Å². The molecule has 1 aliphatic rings. The quantitative estimate of drug-likeness (QED) is 0.378. The molecule has 9 heavy (non-hydrogen) atoms. The zero-order valence-electron chi connectivity index (χ0n) is 4.80. The smallest absolute Gasteiger partial charge is 0.332 e. The van der Waals surface area contributed by atoms with Crippen molar-refractivity contribution in [2.24, 2.45) is 0 Å². The maximum absolute atomic E-state index is 10.5. The Hall–Kier alpha value is 0.160. The van der Waals surface area contributed by atoms with E-state index in [0.29, 0.717) is 6.61 Å². The number of hydrogen-bond acceptors (Lipinski definition) is 3. The molecule has 52 valence electrons. The first kappa shape index (κ1) is 7.27. The molecule has 1 rings (SSSR count). The topological polar surface area (TPSA) is 35.5 Å². The Labute approximate surface area is 66.8 Å². The maximum Gasteiger partial charge on any atom is 0.332 e. The minimum atomic E-state index is -0.247. The summed E-state index contributed by atoms with van der Waals surface area (Å²) < 4.78 is 10.6. The van der Waals surface area contributed by atoms with Crippen molar-refractivity contribution in [1.29, 1.82) is 0 Å². The highest BCUT2D eigenvalue weighted by molar-refractivity contribution is 14.1. The number of carbonyl (C=O) groups is 1. The van der Waals surface area contributed by atoms with E-state index < -0.39 is 0 Å². The maximum atomic E-state index is 10.5. The van der Waals surface area contributed by atoms with Crippen LogP contribution in [0.1, 0.15) is 0 Å². The number of ether oxygens (including phenoxy) is 2. The van der Waals surface area contributed by atoms with Gasteiger partial charge in [-0.05, 0) is 0 Å². The van der Waals surface area contributed by atoms with Crippen molar-refractivity contribution in [1.82, 2.24) is 0 Å². The Kier molecular flexibility index (Phi) is 2.71. The lowest BCUT2D eigenvalue weighted by Gasteiger charge is -2.19. The fourth-order valence-corrected chi connectivity index (χ4v) is 1.04. The molecule has 0 N–H and O–H groups in total. The zero-order chi connectivity index (χ0) is 6.69. The van der Waals surface area contributed by atoms with Gasteiger partial charge in [-0.2, -0.15) is 0 Å². The first-order valence-corrected chi connectivity index (χ1v) is 4.18. The van der Waals surface area contributed by atoms with Gasteiger partial charge in [0, 0.05) is 4.43 Å². The molecule has 0 aliphatic carbocycles. The summed E-state index contributed by atoms with van der Waals surface area (Å²) in [5.41, 5.74) is 0. The number of rotatable bonds is 1. The highest BCUT2D eigenvalue weighted by atomic mass is 127. The van der Waals surface area contributed by atoms with Gasteiger partial charge in [-0.25, -0.2) is 4.79 Å². The standard InChI is InChI=1S/C5H7IO3/c6-1-4-2-8-3-5(7)9-4/h4H,1-3H2/t4-/m1/s1. The van der Waals surface area contributed by atoms with Crippen molar-refractivity contribution in [3.8, 4) is 0 Å². The highest BCUT2D eigenvalue weighted by Gasteiger charge is 2.18. The number of carbonyl (C=O) groups excluding carboxylic acids is 1. The van der Waals surface area contributed by atoms with E-state index in [4.69, 9.17) is 9.47 Å². The molecule has 1 heterocycles. The summed E-state index contributed by atoms with van der Waals surface area (Å²) >= 11 is 2.16. The van der Waals surface area contributed by atoms with E-state index in [0.717, 1.165) is 4.43 Å².